The predicted molar refractivity (Wildman–Crippen MR) is 93.9 cm³/mol. The molecule has 0 saturated carbocycles. The van der Waals surface area contributed by atoms with Crippen molar-refractivity contribution in [1.82, 2.24) is 5.32 Å². The SMILES string of the molecule is CC(C)Oc1ccc(CNCCNc2ccc(Cl)cc2)cc1. The first kappa shape index (κ1) is 16.7. The van der Waals surface area contributed by atoms with Crippen molar-refractivity contribution in [2.24, 2.45) is 0 Å². The van der Waals surface area contributed by atoms with Crippen LogP contribution in [0.4, 0.5) is 5.69 Å². The maximum Gasteiger partial charge on any atom is 0.119 e. The normalized spacial score (nSPS) is 10.7. The number of nitrogens with one attached hydrogen (secondary N) is 2. The van der Waals surface area contributed by atoms with Gasteiger partial charge in [-0.1, -0.05) is 23.7 Å². The summed E-state index contributed by atoms with van der Waals surface area (Å²) in [5, 5.41) is 7.52. The highest BCUT2D eigenvalue weighted by Crippen LogP contribution is 2.14. The molecule has 0 fully saturated rings. The minimum Gasteiger partial charge on any atom is -0.491 e. The standard InChI is InChI=1S/C18H23ClN2O/c1-14(2)22-18-9-3-15(4-10-18)13-20-11-12-21-17-7-5-16(19)6-8-17/h3-10,14,20-21H,11-13H2,1-2H3. The van der Waals surface area contributed by atoms with Crippen LogP contribution in [0, 0.1) is 0 Å². The molecule has 2 rings (SSSR count). The fourth-order valence-electron chi connectivity index (χ4n) is 2.05. The van der Waals surface area contributed by atoms with Crippen LogP contribution in [0.15, 0.2) is 48.5 Å². The fourth-order valence-corrected chi connectivity index (χ4v) is 2.18. The van der Waals surface area contributed by atoms with Gasteiger partial charge in [0, 0.05) is 30.3 Å². The van der Waals surface area contributed by atoms with E-state index >= 15 is 0 Å². The predicted octanol–water partition coefficient (Wildman–Crippen LogP) is 4.33. The number of anilines is 1. The Hall–Kier alpha value is -1.71. The molecule has 0 atom stereocenters. The second-order valence-corrected chi connectivity index (χ2v) is 5.86. The van der Waals surface area contributed by atoms with Crippen molar-refractivity contribution in [3.63, 3.8) is 0 Å². The number of benzene rings is 2. The van der Waals surface area contributed by atoms with E-state index in [9.17, 15) is 0 Å². The van der Waals surface area contributed by atoms with Crippen molar-refractivity contribution in [2.45, 2.75) is 26.5 Å². The van der Waals surface area contributed by atoms with Crippen molar-refractivity contribution >= 4 is 17.3 Å². The van der Waals surface area contributed by atoms with Gasteiger partial charge in [0.1, 0.15) is 5.75 Å². The second-order valence-electron chi connectivity index (χ2n) is 5.42. The Morgan fingerprint density at radius 3 is 2.27 bits per heavy atom. The molecule has 2 aromatic carbocycles. The maximum atomic E-state index is 5.85. The molecule has 2 aromatic rings. The van der Waals surface area contributed by atoms with E-state index in [2.05, 4.69) is 22.8 Å². The zero-order chi connectivity index (χ0) is 15.8. The minimum absolute atomic E-state index is 0.211. The molecule has 0 radical (unpaired) electrons. The molecule has 0 bridgehead atoms. The Morgan fingerprint density at radius 2 is 1.64 bits per heavy atom. The Balaban J connectivity index is 1.65. The molecule has 0 aromatic heterocycles. The molecule has 0 saturated heterocycles. The second kappa shape index (κ2) is 8.66. The summed E-state index contributed by atoms with van der Waals surface area (Å²) in [4.78, 5) is 0. The van der Waals surface area contributed by atoms with Gasteiger partial charge in [-0.05, 0) is 55.8 Å². The lowest BCUT2D eigenvalue weighted by Gasteiger charge is -2.11. The van der Waals surface area contributed by atoms with E-state index in [1.807, 2.05) is 50.2 Å². The van der Waals surface area contributed by atoms with E-state index < -0.39 is 0 Å². The molecular formula is C18H23ClN2O. The number of ether oxygens (including phenoxy) is 1. The minimum atomic E-state index is 0.211. The Kier molecular flexibility index (Phi) is 6.56. The molecule has 0 unspecified atom stereocenters. The Labute approximate surface area is 137 Å². The summed E-state index contributed by atoms with van der Waals surface area (Å²) < 4.78 is 5.63. The summed E-state index contributed by atoms with van der Waals surface area (Å²) in [6.07, 6.45) is 0.211. The summed E-state index contributed by atoms with van der Waals surface area (Å²) in [6.45, 7) is 6.68. The van der Waals surface area contributed by atoms with Crippen molar-refractivity contribution in [1.29, 1.82) is 0 Å². The lowest BCUT2D eigenvalue weighted by molar-refractivity contribution is 0.242. The smallest absolute Gasteiger partial charge is 0.119 e. The first-order chi connectivity index (χ1) is 10.6. The summed E-state index contributed by atoms with van der Waals surface area (Å²) >= 11 is 5.85. The lowest BCUT2D eigenvalue weighted by atomic mass is 10.2. The Bertz CT molecular complexity index is 552. The van der Waals surface area contributed by atoms with Gasteiger partial charge >= 0.3 is 0 Å². The van der Waals surface area contributed by atoms with Crippen LogP contribution in [-0.4, -0.2) is 19.2 Å². The van der Waals surface area contributed by atoms with E-state index in [-0.39, 0.29) is 6.10 Å². The number of rotatable bonds is 8. The monoisotopic (exact) mass is 318 g/mol. The lowest BCUT2D eigenvalue weighted by Crippen LogP contribution is -2.21. The van der Waals surface area contributed by atoms with Gasteiger partial charge in [0.05, 0.1) is 6.10 Å². The third kappa shape index (κ3) is 5.96. The molecule has 0 amide bonds. The molecule has 0 spiro atoms. The van der Waals surface area contributed by atoms with Crippen LogP contribution in [0.3, 0.4) is 0 Å². The maximum absolute atomic E-state index is 5.85. The highest BCUT2D eigenvalue weighted by molar-refractivity contribution is 6.30. The highest BCUT2D eigenvalue weighted by Gasteiger charge is 1.98. The summed E-state index contributed by atoms with van der Waals surface area (Å²) in [5.74, 6) is 0.920. The fraction of sp³-hybridized carbons (Fsp3) is 0.333. The van der Waals surface area contributed by atoms with E-state index in [4.69, 9.17) is 16.3 Å². The average molecular weight is 319 g/mol. The zero-order valence-electron chi connectivity index (χ0n) is 13.1. The molecule has 0 heterocycles. The molecule has 2 N–H and O–H groups in total. The molecule has 3 nitrogen and oxygen atoms in total. The third-order valence-electron chi connectivity index (χ3n) is 3.10. The van der Waals surface area contributed by atoms with E-state index in [1.54, 1.807) is 0 Å². The van der Waals surface area contributed by atoms with Crippen LogP contribution < -0.4 is 15.4 Å². The van der Waals surface area contributed by atoms with Crippen LogP contribution in [0.1, 0.15) is 19.4 Å². The van der Waals surface area contributed by atoms with Gasteiger partial charge in [-0.3, -0.25) is 0 Å². The van der Waals surface area contributed by atoms with Gasteiger partial charge in [0.2, 0.25) is 0 Å². The number of hydrogen-bond donors (Lipinski definition) is 2. The molecule has 22 heavy (non-hydrogen) atoms. The van der Waals surface area contributed by atoms with Crippen LogP contribution in [0.5, 0.6) is 5.75 Å². The van der Waals surface area contributed by atoms with E-state index in [0.29, 0.717) is 0 Å². The van der Waals surface area contributed by atoms with Crippen LogP contribution in [0.25, 0.3) is 0 Å². The molecule has 0 aliphatic carbocycles. The van der Waals surface area contributed by atoms with Crippen molar-refractivity contribution in [3.8, 4) is 5.75 Å². The van der Waals surface area contributed by atoms with Crippen molar-refractivity contribution in [2.75, 3.05) is 18.4 Å². The number of hydrogen-bond acceptors (Lipinski definition) is 3. The molecular weight excluding hydrogens is 296 g/mol. The van der Waals surface area contributed by atoms with Crippen LogP contribution in [-0.2, 0) is 6.54 Å². The first-order valence-electron chi connectivity index (χ1n) is 7.59. The van der Waals surface area contributed by atoms with Crippen LogP contribution in [0.2, 0.25) is 5.02 Å². The van der Waals surface area contributed by atoms with Crippen molar-refractivity contribution in [3.05, 3.63) is 59.1 Å². The first-order valence-corrected chi connectivity index (χ1v) is 7.97. The van der Waals surface area contributed by atoms with Crippen molar-refractivity contribution < 1.29 is 4.74 Å². The Morgan fingerprint density at radius 1 is 0.955 bits per heavy atom. The van der Waals surface area contributed by atoms with Gasteiger partial charge in [-0.2, -0.15) is 0 Å². The molecule has 0 aliphatic rings. The molecule has 118 valence electrons. The topological polar surface area (TPSA) is 33.3 Å². The van der Waals surface area contributed by atoms with Gasteiger partial charge in [0.25, 0.3) is 0 Å². The van der Waals surface area contributed by atoms with E-state index in [1.165, 1.54) is 5.56 Å². The molecule has 4 heteroatoms. The quantitative estimate of drug-likeness (QED) is 0.711. The summed E-state index contributed by atoms with van der Waals surface area (Å²) in [6, 6.07) is 16.0. The average Bonchev–Trinajstić information content (AvgIpc) is 2.50. The van der Waals surface area contributed by atoms with Gasteiger partial charge in [-0.15, -0.1) is 0 Å². The summed E-state index contributed by atoms with van der Waals surface area (Å²) in [5.41, 5.74) is 2.34. The van der Waals surface area contributed by atoms with Gasteiger partial charge in [-0.25, -0.2) is 0 Å². The van der Waals surface area contributed by atoms with Gasteiger partial charge < -0.3 is 15.4 Å². The zero-order valence-corrected chi connectivity index (χ0v) is 13.9. The van der Waals surface area contributed by atoms with Crippen LogP contribution >= 0.6 is 11.6 Å². The highest BCUT2D eigenvalue weighted by atomic mass is 35.5. The number of halogens is 1. The van der Waals surface area contributed by atoms with Gasteiger partial charge in [0.15, 0.2) is 0 Å². The summed E-state index contributed by atoms with van der Waals surface area (Å²) in [7, 11) is 0. The molecule has 0 aliphatic heterocycles. The van der Waals surface area contributed by atoms with E-state index in [0.717, 1.165) is 36.1 Å². The largest absolute Gasteiger partial charge is 0.491 e. The third-order valence-corrected chi connectivity index (χ3v) is 3.35.